The average Bonchev–Trinajstić information content (AvgIpc) is 2.92. The summed E-state index contributed by atoms with van der Waals surface area (Å²) < 4.78 is 2.68. The molecule has 0 bridgehead atoms. The van der Waals surface area contributed by atoms with Crippen molar-refractivity contribution in [3.8, 4) is 16.9 Å². The quantitative estimate of drug-likeness (QED) is 0.630. The highest BCUT2D eigenvalue weighted by atomic mass is 79.9. The van der Waals surface area contributed by atoms with Crippen molar-refractivity contribution < 1.29 is 4.79 Å². The van der Waals surface area contributed by atoms with Gasteiger partial charge in [-0.1, -0.05) is 39.7 Å². The van der Waals surface area contributed by atoms with Crippen LogP contribution in [0, 0.1) is 0 Å². The van der Waals surface area contributed by atoms with Gasteiger partial charge in [0.2, 0.25) is 0 Å². The molecule has 0 aliphatic carbocycles. The summed E-state index contributed by atoms with van der Waals surface area (Å²) in [5, 5.41) is 5.12. The molecule has 0 N–H and O–H groups in total. The van der Waals surface area contributed by atoms with Gasteiger partial charge in [0.1, 0.15) is 5.69 Å². The van der Waals surface area contributed by atoms with Gasteiger partial charge in [0.25, 0.3) is 0 Å². The zero-order valence-electron chi connectivity index (χ0n) is 10.8. The van der Waals surface area contributed by atoms with Gasteiger partial charge in [-0.05, 0) is 36.4 Å². The normalized spacial score (nSPS) is 10.6. The molecule has 0 saturated heterocycles. The fourth-order valence-corrected chi connectivity index (χ4v) is 2.51. The van der Waals surface area contributed by atoms with Crippen molar-refractivity contribution in [1.29, 1.82) is 0 Å². The van der Waals surface area contributed by atoms with E-state index in [1.165, 1.54) is 0 Å². The number of hydrogen-bond acceptors (Lipinski definition) is 2. The van der Waals surface area contributed by atoms with Gasteiger partial charge in [-0.25, -0.2) is 4.68 Å². The minimum Gasteiger partial charge on any atom is -0.298 e. The SMILES string of the molecule is O=Cc1cn(-c2ccc(Br)cc2)nc1-c1cccc(Cl)c1. The Labute approximate surface area is 135 Å². The summed E-state index contributed by atoms with van der Waals surface area (Å²) >= 11 is 9.40. The number of aldehydes is 1. The van der Waals surface area contributed by atoms with E-state index in [0.717, 1.165) is 22.0 Å². The maximum Gasteiger partial charge on any atom is 0.153 e. The van der Waals surface area contributed by atoms with Crippen LogP contribution >= 0.6 is 27.5 Å². The maximum absolute atomic E-state index is 11.3. The minimum atomic E-state index is 0.528. The zero-order chi connectivity index (χ0) is 14.8. The third kappa shape index (κ3) is 2.91. The van der Waals surface area contributed by atoms with Crippen LogP contribution in [0.15, 0.2) is 59.2 Å². The molecule has 3 aromatic rings. The van der Waals surface area contributed by atoms with E-state index in [1.807, 2.05) is 36.4 Å². The van der Waals surface area contributed by atoms with Gasteiger partial charge in [0.15, 0.2) is 6.29 Å². The molecule has 0 amide bonds. The number of aromatic nitrogens is 2. The summed E-state index contributed by atoms with van der Waals surface area (Å²) in [6.07, 6.45) is 2.52. The topological polar surface area (TPSA) is 34.9 Å². The molecule has 21 heavy (non-hydrogen) atoms. The number of carbonyl (C=O) groups excluding carboxylic acids is 1. The standard InChI is InChI=1S/C16H10BrClN2O/c17-13-4-6-15(7-5-13)20-9-12(10-21)16(19-20)11-2-1-3-14(18)8-11/h1-10H. The Hall–Kier alpha value is -1.91. The van der Waals surface area contributed by atoms with Gasteiger partial charge in [-0.15, -0.1) is 0 Å². The smallest absolute Gasteiger partial charge is 0.153 e. The molecular formula is C16H10BrClN2O. The van der Waals surface area contributed by atoms with E-state index in [1.54, 1.807) is 23.0 Å². The Morgan fingerprint density at radius 3 is 2.57 bits per heavy atom. The highest BCUT2D eigenvalue weighted by Gasteiger charge is 2.12. The van der Waals surface area contributed by atoms with Crippen LogP contribution in [0.1, 0.15) is 10.4 Å². The van der Waals surface area contributed by atoms with Crippen LogP contribution in [0.4, 0.5) is 0 Å². The van der Waals surface area contributed by atoms with Crippen molar-refractivity contribution in [3.63, 3.8) is 0 Å². The van der Waals surface area contributed by atoms with E-state index in [2.05, 4.69) is 21.0 Å². The molecule has 0 spiro atoms. The van der Waals surface area contributed by atoms with E-state index >= 15 is 0 Å². The first-order valence-corrected chi connectivity index (χ1v) is 7.41. The summed E-state index contributed by atoms with van der Waals surface area (Å²) in [6.45, 7) is 0. The molecule has 0 radical (unpaired) electrons. The molecule has 0 atom stereocenters. The Morgan fingerprint density at radius 2 is 1.90 bits per heavy atom. The molecule has 0 aliphatic heterocycles. The lowest BCUT2D eigenvalue weighted by molar-refractivity contribution is 0.112. The third-order valence-electron chi connectivity index (χ3n) is 3.06. The fourth-order valence-electron chi connectivity index (χ4n) is 2.06. The zero-order valence-corrected chi connectivity index (χ0v) is 13.2. The monoisotopic (exact) mass is 360 g/mol. The molecule has 1 aromatic heterocycles. The molecule has 104 valence electrons. The molecule has 3 rings (SSSR count). The maximum atomic E-state index is 11.3. The van der Waals surface area contributed by atoms with Gasteiger partial charge in [-0.3, -0.25) is 4.79 Å². The van der Waals surface area contributed by atoms with Gasteiger partial charge in [0.05, 0.1) is 11.3 Å². The second-order valence-corrected chi connectivity index (χ2v) is 5.83. The summed E-state index contributed by atoms with van der Waals surface area (Å²) in [7, 11) is 0. The van der Waals surface area contributed by atoms with E-state index in [9.17, 15) is 4.79 Å². The van der Waals surface area contributed by atoms with Crippen LogP contribution in [-0.2, 0) is 0 Å². The summed E-state index contributed by atoms with van der Waals surface area (Å²) in [6, 6.07) is 15.0. The predicted octanol–water partition coefficient (Wildman–Crippen LogP) is 4.77. The molecule has 0 aliphatic rings. The third-order valence-corrected chi connectivity index (χ3v) is 3.82. The lowest BCUT2D eigenvalue weighted by atomic mass is 10.1. The molecule has 0 unspecified atom stereocenters. The molecule has 0 saturated carbocycles. The van der Waals surface area contributed by atoms with E-state index in [0.29, 0.717) is 16.3 Å². The molecule has 3 nitrogen and oxygen atoms in total. The average molecular weight is 362 g/mol. The number of carbonyl (C=O) groups is 1. The van der Waals surface area contributed by atoms with Crippen LogP contribution in [0.2, 0.25) is 5.02 Å². The summed E-state index contributed by atoms with van der Waals surface area (Å²) in [4.78, 5) is 11.3. The van der Waals surface area contributed by atoms with Gasteiger partial charge >= 0.3 is 0 Å². The predicted molar refractivity (Wildman–Crippen MR) is 87.1 cm³/mol. The van der Waals surface area contributed by atoms with E-state index in [-0.39, 0.29) is 0 Å². The van der Waals surface area contributed by atoms with Crippen LogP contribution in [0.5, 0.6) is 0 Å². The van der Waals surface area contributed by atoms with Gasteiger partial charge in [0, 0.05) is 21.3 Å². The van der Waals surface area contributed by atoms with Gasteiger partial charge < -0.3 is 0 Å². The lowest BCUT2D eigenvalue weighted by Gasteiger charge is -2.01. The van der Waals surface area contributed by atoms with Crippen LogP contribution in [0.25, 0.3) is 16.9 Å². The lowest BCUT2D eigenvalue weighted by Crippen LogP contribution is -1.94. The van der Waals surface area contributed by atoms with E-state index in [4.69, 9.17) is 11.6 Å². The second-order valence-electron chi connectivity index (χ2n) is 4.48. The first-order valence-electron chi connectivity index (χ1n) is 6.24. The minimum absolute atomic E-state index is 0.528. The first-order chi connectivity index (χ1) is 10.2. The van der Waals surface area contributed by atoms with Gasteiger partial charge in [-0.2, -0.15) is 5.10 Å². The number of nitrogens with zero attached hydrogens (tertiary/aromatic N) is 2. The fraction of sp³-hybridized carbons (Fsp3) is 0. The van der Waals surface area contributed by atoms with Crippen molar-refractivity contribution in [2.75, 3.05) is 0 Å². The Balaban J connectivity index is 2.10. The molecular weight excluding hydrogens is 352 g/mol. The second kappa shape index (κ2) is 5.84. The Kier molecular flexibility index (Phi) is 3.90. The highest BCUT2D eigenvalue weighted by molar-refractivity contribution is 9.10. The Bertz CT molecular complexity index is 796. The van der Waals surface area contributed by atoms with Crippen molar-refractivity contribution >= 4 is 33.8 Å². The molecule has 0 fully saturated rings. The number of hydrogen-bond donors (Lipinski definition) is 0. The summed E-state index contributed by atoms with van der Waals surface area (Å²) in [5.41, 5.74) is 2.85. The van der Waals surface area contributed by atoms with Crippen molar-refractivity contribution in [2.45, 2.75) is 0 Å². The van der Waals surface area contributed by atoms with Crippen LogP contribution in [0.3, 0.4) is 0 Å². The molecule has 1 heterocycles. The summed E-state index contributed by atoms with van der Waals surface area (Å²) in [5.74, 6) is 0. The Morgan fingerprint density at radius 1 is 1.14 bits per heavy atom. The largest absolute Gasteiger partial charge is 0.298 e. The number of benzene rings is 2. The van der Waals surface area contributed by atoms with Crippen molar-refractivity contribution in [1.82, 2.24) is 9.78 Å². The first kappa shape index (κ1) is 14.0. The molecule has 2 aromatic carbocycles. The van der Waals surface area contributed by atoms with Crippen molar-refractivity contribution in [3.05, 3.63) is 69.8 Å². The van der Waals surface area contributed by atoms with Crippen LogP contribution < -0.4 is 0 Å². The van der Waals surface area contributed by atoms with E-state index < -0.39 is 0 Å². The van der Waals surface area contributed by atoms with Crippen LogP contribution in [-0.4, -0.2) is 16.1 Å². The number of halogens is 2. The number of rotatable bonds is 3. The molecule has 5 heteroatoms. The van der Waals surface area contributed by atoms with Crippen molar-refractivity contribution in [2.24, 2.45) is 0 Å². The highest BCUT2D eigenvalue weighted by Crippen LogP contribution is 2.25.